The largest absolute Gasteiger partial charge is 0.489 e. The van der Waals surface area contributed by atoms with Crippen molar-refractivity contribution >= 4 is 17.5 Å². The summed E-state index contributed by atoms with van der Waals surface area (Å²) in [6.07, 6.45) is 2.42. The minimum atomic E-state index is -0.417. The molecule has 4 nitrogen and oxygen atoms in total. The van der Waals surface area contributed by atoms with Crippen molar-refractivity contribution in [1.82, 2.24) is 9.97 Å². The Morgan fingerprint density at radius 1 is 1.43 bits per heavy atom. The smallest absolute Gasteiger partial charge is 0.187 e. The van der Waals surface area contributed by atoms with E-state index in [4.69, 9.17) is 4.74 Å². The molecule has 0 amide bonds. The number of thioether (sulfide) groups is 1. The van der Waals surface area contributed by atoms with Gasteiger partial charge < -0.3 is 4.74 Å². The molecule has 3 heterocycles. The number of Topliss-reactive ketones (excluding diaryl/α,β-unsaturated/α-hetero) is 1. The van der Waals surface area contributed by atoms with Crippen molar-refractivity contribution in [1.29, 1.82) is 0 Å². The molecule has 0 bridgehead atoms. The van der Waals surface area contributed by atoms with E-state index in [1.54, 1.807) is 6.07 Å². The minimum Gasteiger partial charge on any atom is -0.489 e. The van der Waals surface area contributed by atoms with Crippen LogP contribution in [-0.4, -0.2) is 33.4 Å². The molecule has 0 N–H and O–H groups in total. The van der Waals surface area contributed by atoms with E-state index in [9.17, 15) is 9.18 Å². The summed E-state index contributed by atoms with van der Waals surface area (Å²) in [6.45, 7) is 1.84. The number of ketones is 1. The van der Waals surface area contributed by atoms with Gasteiger partial charge >= 0.3 is 0 Å². The Bertz CT molecular complexity index is 700. The molecular formula is C17H17FN2O2S. The molecule has 6 heteroatoms. The highest BCUT2D eigenvalue weighted by Gasteiger charge is 2.18. The molecular weight excluding hydrogens is 315 g/mol. The number of nitrogens with zero attached hydrogens (tertiary/aromatic N) is 2. The summed E-state index contributed by atoms with van der Waals surface area (Å²) in [5.74, 6) is 2.19. The van der Waals surface area contributed by atoms with Gasteiger partial charge in [0.1, 0.15) is 23.4 Å². The normalized spacial score (nSPS) is 17.2. The molecule has 1 aliphatic rings. The van der Waals surface area contributed by atoms with Crippen LogP contribution in [0.15, 0.2) is 30.5 Å². The van der Waals surface area contributed by atoms with Gasteiger partial charge in [-0.1, -0.05) is 0 Å². The molecule has 0 aliphatic carbocycles. The summed E-state index contributed by atoms with van der Waals surface area (Å²) in [5.41, 5.74) is 1.62. The first kappa shape index (κ1) is 15.9. The standard InChI is InChI=1S/C17H17FN2O2S/c1-11-6-15(22-14-4-5-23-10-14)8-16(20-11)17(21)7-13-3-2-12(18)9-19-13/h2-3,6,8-9,14H,4-5,7,10H2,1H3. The van der Waals surface area contributed by atoms with Crippen molar-refractivity contribution in [2.24, 2.45) is 0 Å². The van der Waals surface area contributed by atoms with E-state index < -0.39 is 5.82 Å². The Morgan fingerprint density at radius 2 is 2.30 bits per heavy atom. The van der Waals surface area contributed by atoms with Gasteiger partial charge in [0.05, 0.1) is 12.6 Å². The highest BCUT2D eigenvalue weighted by molar-refractivity contribution is 7.99. The second kappa shape index (κ2) is 7.08. The van der Waals surface area contributed by atoms with Gasteiger partial charge in [-0.2, -0.15) is 11.8 Å². The monoisotopic (exact) mass is 332 g/mol. The van der Waals surface area contributed by atoms with E-state index >= 15 is 0 Å². The van der Waals surface area contributed by atoms with Crippen molar-refractivity contribution in [2.45, 2.75) is 25.9 Å². The number of carbonyl (C=O) groups is 1. The second-order valence-electron chi connectivity index (χ2n) is 5.50. The highest BCUT2D eigenvalue weighted by Crippen LogP contribution is 2.24. The van der Waals surface area contributed by atoms with Crippen LogP contribution in [0.4, 0.5) is 4.39 Å². The number of halogens is 1. The maximum Gasteiger partial charge on any atom is 0.187 e. The molecule has 0 aromatic carbocycles. The lowest BCUT2D eigenvalue weighted by atomic mass is 10.1. The molecule has 1 unspecified atom stereocenters. The SMILES string of the molecule is Cc1cc(OC2CCSC2)cc(C(=O)Cc2ccc(F)cn2)n1. The van der Waals surface area contributed by atoms with Gasteiger partial charge in [-0.3, -0.25) is 9.78 Å². The summed E-state index contributed by atoms with van der Waals surface area (Å²) < 4.78 is 18.8. The fourth-order valence-corrected chi connectivity index (χ4v) is 3.51. The number of rotatable bonds is 5. The number of carbonyl (C=O) groups excluding carboxylic acids is 1. The van der Waals surface area contributed by atoms with E-state index in [1.165, 1.54) is 12.1 Å². The Kier molecular flexibility index (Phi) is 4.91. The zero-order valence-electron chi connectivity index (χ0n) is 12.8. The lowest BCUT2D eigenvalue weighted by Gasteiger charge is -2.13. The van der Waals surface area contributed by atoms with E-state index in [0.717, 1.165) is 29.8 Å². The molecule has 2 aromatic rings. The molecule has 0 radical (unpaired) electrons. The molecule has 0 spiro atoms. The van der Waals surface area contributed by atoms with Crippen molar-refractivity contribution in [3.05, 3.63) is 53.4 Å². The molecule has 120 valence electrons. The van der Waals surface area contributed by atoms with E-state index in [1.807, 2.05) is 24.8 Å². The van der Waals surface area contributed by atoms with Gasteiger partial charge in [-0.15, -0.1) is 0 Å². The number of aromatic nitrogens is 2. The van der Waals surface area contributed by atoms with Crippen molar-refractivity contribution in [3.8, 4) is 5.75 Å². The quantitative estimate of drug-likeness (QED) is 0.787. The minimum absolute atomic E-state index is 0.0927. The molecule has 0 saturated carbocycles. The molecule has 1 aliphatic heterocycles. The topological polar surface area (TPSA) is 52.1 Å². The molecule has 1 saturated heterocycles. The molecule has 3 rings (SSSR count). The highest BCUT2D eigenvalue weighted by atomic mass is 32.2. The van der Waals surface area contributed by atoms with Crippen LogP contribution in [0.25, 0.3) is 0 Å². The second-order valence-corrected chi connectivity index (χ2v) is 6.65. The van der Waals surface area contributed by atoms with Crippen LogP contribution in [0.1, 0.15) is 28.3 Å². The van der Waals surface area contributed by atoms with Crippen molar-refractivity contribution in [2.75, 3.05) is 11.5 Å². The van der Waals surface area contributed by atoms with Crippen LogP contribution >= 0.6 is 11.8 Å². The Labute approximate surface area is 138 Å². The Morgan fingerprint density at radius 3 is 3.00 bits per heavy atom. The fraction of sp³-hybridized carbons (Fsp3) is 0.353. The van der Waals surface area contributed by atoms with Crippen LogP contribution in [0.2, 0.25) is 0 Å². The summed E-state index contributed by atoms with van der Waals surface area (Å²) in [7, 11) is 0. The van der Waals surface area contributed by atoms with Crippen molar-refractivity contribution < 1.29 is 13.9 Å². The molecule has 1 atom stereocenters. The zero-order valence-corrected chi connectivity index (χ0v) is 13.6. The first-order valence-corrected chi connectivity index (χ1v) is 8.62. The van der Waals surface area contributed by atoms with E-state index in [2.05, 4.69) is 9.97 Å². The lowest BCUT2D eigenvalue weighted by molar-refractivity contribution is 0.0986. The number of hydrogen-bond acceptors (Lipinski definition) is 5. The average molecular weight is 332 g/mol. The van der Waals surface area contributed by atoms with Gasteiger partial charge in [0, 0.05) is 29.3 Å². The van der Waals surface area contributed by atoms with E-state index in [0.29, 0.717) is 17.1 Å². The Hall–Kier alpha value is -1.95. The predicted molar refractivity (Wildman–Crippen MR) is 87.6 cm³/mol. The van der Waals surface area contributed by atoms with Crippen LogP contribution in [0.3, 0.4) is 0 Å². The number of hydrogen-bond donors (Lipinski definition) is 0. The van der Waals surface area contributed by atoms with Crippen LogP contribution in [-0.2, 0) is 6.42 Å². The first-order valence-electron chi connectivity index (χ1n) is 7.47. The van der Waals surface area contributed by atoms with Crippen LogP contribution < -0.4 is 4.74 Å². The molecule has 2 aromatic heterocycles. The third-order valence-electron chi connectivity index (χ3n) is 3.53. The van der Waals surface area contributed by atoms with Gasteiger partial charge in [0.15, 0.2) is 5.78 Å². The number of aryl methyl sites for hydroxylation is 1. The van der Waals surface area contributed by atoms with Crippen LogP contribution in [0.5, 0.6) is 5.75 Å². The maximum absolute atomic E-state index is 12.9. The van der Waals surface area contributed by atoms with Gasteiger partial charge in [0.2, 0.25) is 0 Å². The van der Waals surface area contributed by atoms with Gasteiger partial charge in [-0.25, -0.2) is 9.37 Å². The van der Waals surface area contributed by atoms with Gasteiger partial charge in [-0.05, 0) is 31.2 Å². The third kappa shape index (κ3) is 4.28. The van der Waals surface area contributed by atoms with Gasteiger partial charge in [0.25, 0.3) is 0 Å². The number of ether oxygens (including phenoxy) is 1. The molecule has 1 fully saturated rings. The lowest BCUT2D eigenvalue weighted by Crippen LogP contribution is -2.16. The average Bonchev–Trinajstić information content (AvgIpc) is 3.02. The summed E-state index contributed by atoms with van der Waals surface area (Å²) in [6, 6.07) is 6.33. The predicted octanol–water partition coefficient (Wildman–Crippen LogP) is 3.23. The fourth-order valence-electron chi connectivity index (χ4n) is 2.41. The summed E-state index contributed by atoms with van der Waals surface area (Å²) in [5, 5.41) is 0. The summed E-state index contributed by atoms with van der Waals surface area (Å²) in [4.78, 5) is 20.6. The molecule has 23 heavy (non-hydrogen) atoms. The number of pyridine rings is 2. The van der Waals surface area contributed by atoms with Crippen molar-refractivity contribution in [3.63, 3.8) is 0 Å². The first-order chi connectivity index (χ1) is 11.1. The van der Waals surface area contributed by atoms with E-state index in [-0.39, 0.29) is 18.3 Å². The van der Waals surface area contributed by atoms with Crippen LogP contribution in [0, 0.1) is 12.7 Å². The Balaban J connectivity index is 1.74. The maximum atomic E-state index is 12.9. The zero-order chi connectivity index (χ0) is 16.2. The third-order valence-corrected chi connectivity index (χ3v) is 4.67. The summed E-state index contributed by atoms with van der Waals surface area (Å²) >= 11 is 1.87.